The van der Waals surface area contributed by atoms with E-state index in [9.17, 15) is 18.0 Å². The van der Waals surface area contributed by atoms with E-state index in [0.29, 0.717) is 29.5 Å². The Balaban J connectivity index is 1.94. The highest BCUT2D eigenvalue weighted by molar-refractivity contribution is 9.10. The fourth-order valence-electron chi connectivity index (χ4n) is 3.88. The molecule has 4 nitrogen and oxygen atoms in total. The Bertz CT molecular complexity index is 730. The van der Waals surface area contributed by atoms with Crippen LogP contribution < -0.4 is 4.90 Å². The molecule has 0 spiro atoms. The van der Waals surface area contributed by atoms with Crippen LogP contribution in [0.4, 0.5) is 23.7 Å². The molecule has 0 N–H and O–H groups in total. The molecule has 0 bridgehead atoms. The Hall–Kier alpha value is -1.44. The molecule has 0 saturated carbocycles. The molecule has 1 aromatic rings. The summed E-state index contributed by atoms with van der Waals surface area (Å²) in [5.74, 6) is -0.171. The molecule has 3 rings (SSSR count). The maximum atomic E-state index is 13.5. The minimum Gasteiger partial charge on any atom is -0.444 e. The van der Waals surface area contributed by atoms with Crippen LogP contribution in [0.15, 0.2) is 16.6 Å². The second-order valence-corrected chi connectivity index (χ2v) is 8.80. The van der Waals surface area contributed by atoms with Gasteiger partial charge in [0.05, 0.1) is 11.3 Å². The number of piperidine rings is 1. The van der Waals surface area contributed by atoms with Gasteiger partial charge < -0.3 is 14.5 Å². The van der Waals surface area contributed by atoms with Crippen LogP contribution in [0.2, 0.25) is 0 Å². The van der Waals surface area contributed by atoms with Crippen molar-refractivity contribution >= 4 is 27.7 Å². The third-order valence-corrected chi connectivity index (χ3v) is 5.35. The molecule has 0 aliphatic carbocycles. The lowest BCUT2D eigenvalue weighted by Crippen LogP contribution is -2.48. The Labute approximate surface area is 159 Å². The maximum Gasteiger partial charge on any atom is 0.418 e. The van der Waals surface area contributed by atoms with Gasteiger partial charge in [-0.3, -0.25) is 0 Å². The van der Waals surface area contributed by atoms with Crippen molar-refractivity contribution in [3.05, 3.63) is 27.7 Å². The van der Waals surface area contributed by atoms with E-state index in [1.165, 1.54) is 0 Å². The van der Waals surface area contributed by atoms with Gasteiger partial charge in [0.1, 0.15) is 5.60 Å². The van der Waals surface area contributed by atoms with Gasteiger partial charge in [-0.1, -0.05) is 15.9 Å². The number of hydrogen-bond acceptors (Lipinski definition) is 3. The van der Waals surface area contributed by atoms with Crippen molar-refractivity contribution in [2.75, 3.05) is 25.0 Å². The maximum absolute atomic E-state index is 13.5. The number of alkyl halides is 3. The first-order chi connectivity index (χ1) is 11.9. The second-order valence-electron chi connectivity index (χ2n) is 7.89. The molecule has 8 heteroatoms. The van der Waals surface area contributed by atoms with Crippen LogP contribution in [0, 0.1) is 0 Å². The highest BCUT2D eigenvalue weighted by atomic mass is 79.9. The molecule has 0 aromatic heterocycles. The van der Waals surface area contributed by atoms with Gasteiger partial charge in [0, 0.05) is 36.6 Å². The summed E-state index contributed by atoms with van der Waals surface area (Å²) in [6.45, 7) is 6.21. The highest BCUT2D eigenvalue weighted by Crippen LogP contribution is 2.50. The van der Waals surface area contributed by atoms with Crippen LogP contribution in [0.5, 0.6) is 0 Å². The summed E-state index contributed by atoms with van der Waals surface area (Å²) < 4.78 is 46.4. The smallest absolute Gasteiger partial charge is 0.418 e. The van der Waals surface area contributed by atoms with Crippen molar-refractivity contribution in [1.82, 2.24) is 4.90 Å². The van der Waals surface area contributed by atoms with Gasteiger partial charge in [0.2, 0.25) is 0 Å². The fourth-order valence-corrected chi connectivity index (χ4v) is 4.36. The SMILES string of the molecule is CN1c2c(cc(Br)cc2C(F)(F)F)[C@@H]2CN(C(=O)OC(C)(C)C)CC[C@@H]21. The monoisotopic (exact) mass is 434 g/mol. The first-order valence-corrected chi connectivity index (χ1v) is 9.29. The van der Waals surface area contributed by atoms with Gasteiger partial charge in [-0.2, -0.15) is 13.2 Å². The van der Waals surface area contributed by atoms with E-state index in [1.54, 1.807) is 43.7 Å². The summed E-state index contributed by atoms with van der Waals surface area (Å²) in [5.41, 5.74) is -0.387. The average Bonchev–Trinajstić information content (AvgIpc) is 2.76. The molecule has 2 atom stereocenters. The van der Waals surface area contributed by atoms with E-state index < -0.39 is 23.4 Å². The largest absolute Gasteiger partial charge is 0.444 e. The number of likely N-dealkylation sites (tertiary alicyclic amines) is 1. The van der Waals surface area contributed by atoms with Crippen LogP contribution >= 0.6 is 15.9 Å². The van der Waals surface area contributed by atoms with Gasteiger partial charge >= 0.3 is 12.3 Å². The first kappa shape index (κ1) is 19.3. The van der Waals surface area contributed by atoms with Gasteiger partial charge in [0.25, 0.3) is 0 Å². The molecule has 0 radical (unpaired) electrons. The Morgan fingerprint density at radius 2 is 1.92 bits per heavy atom. The number of carbonyl (C=O) groups is 1. The molecule has 1 amide bonds. The lowest BCUT2D eigenvalue weighted by molar-refractivity contribution is -0.137. The number of likely N-dealkylation sites (N-methyl/N-ethyl adjacent to an activating group) is 1. The Morgan fingerprint density at radius 3 is 2.50 bits per heavy atom. The van der Waals surface area contributed by atoms with Crippen LogP contribution in [0.1, 0.15) is 44.2 Å². The molecular formula is C18H22BrF3N2O2. The normalized spacial score (nSPS) is 22.9. The van der Waals surface area contributed by atoms with E-state index in [0.717, 1.165) is 6.07 Å². The van der Waals surface area contributed by atoms with Crippen molar-refractivity contribution in [3.8, 4) is 0 Å². The van der Waals surface area contributed by atoms with Crippen LogP contribution in [0.3, 0.4) is 0 Å². The van der Waals surface area contributed by atoms with Crippen molar-refractivity contribution in [2.24, 2.45) is 0 Å². The average molecular weight is 435 g/mol. The molecule has 1 saturated heterocycles. The van der Waals surface area contributed by atoms with Gasteiger partial charge in [-0.05, 0) is 44.9 Å². The summed E-state index contributed by atoms with van der Waals surface area (Å²) in [5, 5.41) is 0. The summed E-state index contributed by atoms with van der Waals surface area (Å²) >= 11 is 3.20. The van der Waals surface area contributed by atoms with E-state index in [-0.39, 0.29) is 17.6 Å². The zero-order chi connectivity index (χ0) is 19.4. The molecule has 1 aromatic carbocycles. The molecular weight excluding hydrogens is 413 g/mol. The summed E-state index contributed by atoms with van der Waals surface area (Å²) in [7, 11) is 1.70. The minimum atomic E-state index is -4.43. The van der Waals surface area contributed by atoms with Crippen molar-refractivity contribution in [2.45, 2.75) is 50.9 Å². The molecule has 1 fully saturated rings. The Morgan fingerprint density at radius 1 is 1.27 bits per heavy atom. The van der Waals surface area contributed by atoms with Gasteiger partial charge in [-0.25, -0.2) is 4.79 Å². The predicted molar refractivity (Wildman–Crippen MR) is 96.5 cm³/mol. The second kappa shape index (κ2) is 6.32. The quantitative estimate of drug-likeness (QED) is 0.575. The fraction of sp³-hybridized carbons (Fsp3) is 0.611. The van der Waals surface area contributed by atoms with Crippen molar-refractivity contribution in [3.63, 3.8) is 0 Å². The summed E-state index contributed by atoms with van der Waals surface area (Å²) in [6, 6.07) is 2.81. The van der Waals surface area contributed by atoms with E-state index in [1.807, 2.05) is 0 Å². The zero-order valence-corrected chi connectivity index (χ0v) is 16.7. The van der Waals surface area contributed by atoms with Crippen LogP contribution in [-0.4, -0.2) is 42.8 Å². The predicted octanol–water partition coefficient (Wildman–Crippen LogP) is 5.01. The number of halogens is 4. The van der Waals surface area contributed by atoms with Crippen LogP contribution in [0.25, 0.3) is 0 Å². The zero-order valence-electron chi connectivity index (χ0n) is 15.2. The van der Waals surface area contributed by atoms with E-state index in [2.05, 4.69) is 15.9 Å². The molecule has 2 aliphatic heterocycles. The molecule has 2 heterocycles. The molecule has 0 unspecified atom stereocenters. The molecule has 26 heavy (non-hydrogen) atoms. The highest BCUT2D eigenvalue weighted by Gasteiger charge is 2.47. The topological polar surface area (TPSA) is 32.8 Å². The number of ether oxygens (including phenoxy) is 1. The molecule has 2 aliphatic rings. The van der Waals surface area contributed by atoms with Gasteiger partial charge in [-0.15, -0.1) is 0 Å². The molecule has 144 valence electrons. The third kappa shape index (κ3) is 3.52. The standard InChI is InChI=1S/C18H22BrF3N2O2/c1-17(2,3)26-16(25)24-6-5-14-12(9-24)11-7-10(19)8-13(18(20,21)22)15(11)23(14)4/h7-8,12,14H,5-6,9H2,1-4H3/t12-,14-/m0/s1. The number of amides is 1. The number of carbonyl (C=O) groups excluding carboxylic acids is 1. The summed E-state index contributed by atoms with van der Waals surface area (Å²) in [4.78, 5) is 15.7. The number of rotatable bonds is 0. The number of anilines is 1. The summed E-state index contributed by atoms with van der Waals surface area (Å²) in [6.07, 6.45) is -4.25. The van der Waals surface area contributed by atoms with E-state index in [4.69, 9.17) is 4.74 Å². The minimum absolute atomic E-state index is 0.0564. The third-order valence-electron chi connectivity index (χ3n) is 4.89. The lowest BCUT2D eigenvalue weighted by Gasteiger charge is -2.38. The van der Waals surface area contributed by atoms with Crippen molar-refractivity contribution in [1.29, 1.82) is 0 Å². The first-order valence-electron chi connectivity index (χ1n) is 8.50. The van der Waals surface area contributed by atoms with Crippen molar-refractivity contribution < 1.29 is 22.7 Å². The van der Waals surface area contributed by atoms with Crippen LogP contribution in [-0.2, 0) is 10.9 Å². The number of hydrogen-bond donors (Lipinski definition) is 0. The lowest BCUT2D eigenvalue weighted by atomic mass is 9.89. The van der Waals surface area contributed by atoms with Gasteiger partial charge in [0.15, 0.2) is 0 Å². The number of benzene rings is 1. The number of nitrogens with zero attached hydrogens (tertiary/aromatic N) is 2. The van der Waals surface area contributed by atoms with E-state index >= 15 is 0 Å². The Kier molecular flexibility index (Phi) is 4.70. The number of fused-ring (bicyclic) bond motifs is 3.